The lowest BCUT2D eigenvalue weighted by atomic mass is 10.1. The van der Waals surface area contributed by atoms with E-state index in [1.165, 1.54) is 10.4 Å². The van der Waals surface area contributed by atoms with Gasteiger partial charge < -0.3 is 4.43 Å². The van der Waals surface area contributed by atoms with Crippen LogP contribution >= 0.6 is 0 Å². The van der Waals surface area contributed by atoms with Crippen molar-refractivity contribution in [2.75, 3.05) is 0 Å². The Balaban J connectivity index is 2.54. The molecule has 1 nitrogen and oxygen atoms in total. The third-order valence-corrected chi connectivity index (χ3v) is 7.69. The maximum atomic E-state index is 6.72. The molecule has 0 aliphatic rings. The van der Waals surface area contributed by atoms with Gasteiger partial charge in [0.15, 0.2) is 0 Å². The number of rotatable bonds is 6. The molecule has 114 valence electrons. The van der Waals surface area contributed by atoms with Gasteiger partial charge in [-0.05, 0) is 30.8 Å². The Kier molecular flexibility index (Phi) is 5.17. The van der Waals surface area contributed by atoms with E-state index in [4.69, 9.17) is 4.43 Å². The average Bonchev–Trinajstić information content (AvgIpc) is 2.56. The van der Waals surface area contributed by atoms with Gasteiger partial charge in [-0.1, -0.05) is 85.5 Å². The van der Waals surface area contributed by atoms with Crippen molar-refractivity contribution in [3.8, 4) is 0 Å². The summed E-state index contributed by atoms with van der Waals surface area (Å²) in [5.41, 5.74) is -0.471. The summed E-state index contributed by atoms with van der Waals surface area (Å²) in [6.07, 6.45) is 5.97. The fourth-order valence-corrected chi connectivity index (χ4v) is 5.97. The van der Waals surface area contributed by atoms with E-state index in [1.54, 1.807) is 0 Å². The van der Waals surface area contributed by atoms with Gasteiger partial charge in [0.1, 0.15) is 0 Å². The summed E-state index contributed by atoms with van der Waals surface area (Å²) in [5.74, 6) is 0. The van der Waals surface area contributed by atoms with E-state index >= 15 is 0 Å². The van der Waals surface area contributed by atoms with E-state index in [2.05, 4.69) is 74.7 Å². The molecule has 0 spiro atoms. The molecule has 0 saturated heterocycles. The van der Waals surface area contributed by atoms with Crippen LogP contribution in [0.1, 0.15) is 13.8 Å². The highest BCUT2D eigenvalue weighted by atomic mass is 28.4. The van der Waals surface area contributed by atoms with Gasteiger partial charge in [-0.15, -0.1) is 0 Å². The van der Waals surface area contributed by atoms with Gasteiger partial charge in [-0.2, -0.15) is 0 Å². The first-order chi connectivity index (χ1) is 10.5. The molecule has 1 atom stereocenters. The van der Waals surface area contributed by atoms with Crippen molar-refractivity contribution in [2.24, 2.45) is 0 Å². The monoisotopic (exact) mass is 308 g/mol. The Morgan fingerprint density at radius 3 is 1.77 bits per heavy atom. The molecular weight excluding hydrogens is 284 g/mol. The third kappa shape index (κ3) is 3.46. The van der Waals surface area contributed by atoms with Crippen LogP contribution in [0.4, 0.5) is 0 Å². The van der Waals surface area contributed by atoms with Crippen molar-refractivity contribution in [2.45, 2.75) is 26.0 Å². The zero-order valence-corrected chi connectivity index (χ0v) is 14.6. The fraction of sp³-hybridized carbons (Fsp3) is 0.200. The lowest BCUT2D eigenvalue weighted by Gasteiger charge is -2.36. The molecule has 2 aromatic rings. The SMILES string of the molecule is C=CC(C)(/C=C/C)O[Si](C)(c1ccccc1)c1ccccc1. The van der Waals surface area contributed by atoms with Crippen LogP contribution in [-0.2, 0) is 4.43 Å². The van der Waals surface area contributed by atoms with Gasteiger partial charge in [0.05, 0.1) is 5.60 Å². The first-order valence-corrected chi connectivity index (χ1v) is 10.0. The van der Waals surface area contributed by atoms with Crippen LogP contribution in [0.3, 0.4) is 0 Å². The molecule has 0 fully saturated rings. The van der Waals surface area contributed by atoms with Gasteiger partial charge >= 0.3 is 0 Å². The molecule has 0 heterocycles. The Morgan fingerprint density at radius 2 is 1.41 bits per heavy atom. The zero-order chi connectivity index (χ0) is 16.1. The second kappa shape index (κ2) is 6.90. The molecule has 2 heteroatoms. The first kappa shape index (κ1) is 16.5. The van der Waals surface area contributed by atoms with Crippen molar-refractivity contribution in [1.82, 2.24) is 0 Å². The van der Waals surface area contributed by atoms with Gasteiger partial charge in [-0.3, -0.25) is 0 Å². The van der Waals surface area contributed by atoms with Crippen molar-refractivity contribution in [3.05, 3.63) is 85.5 Å². The van der Waals surface area contributed by atoms with E-state index < -0.39 is 13.9 Å². The number of benzene rings is 2. The maximum absolute atomic E-state index is 6.72. The second-order valence-corrected chi connectivity index (χ2v) is 9.18. The molecule has 2 aromatic carbocycles. The zero-order valence-electron chi connectivity index (χ0n) is 13.6. The molecule has 0 bridgehead atoms. The quantitative estimate of drug-likeness (QED) is 0.581. The summed E-state index contributed by atoms with van der Waals surface area (Å²) in [7, 11) is -2.32. The van der Waals surface area contributed by atoms with Gasteiger partial charge in [0, 0.05) is 0 Å². The normalized spacial score (nSPS) is 14.7. The average molecular weight is 308 g/mol. The standard InChI is InChI=1S/C20H24OSi/c1-5-17-20(3,6-2)21-22(4,18-13-9-7-10-14-18)19-15-11-8-12-16-19/h5-17H,2H2,1,3-4H3/b17-5+. The molecular formula is C20H24OSi. The Morgan fingerprint density at radius 1 is 0.955 bits per heavy atom. The van der Waals surface area contributed by atoms with Crippen LogP contribution in [0.25, 0.3) is 0 Å². The van der Waals surface area contributed by atoms with Gasteiger partial charge in [0.25, 0.3) is 8.32 Å². The van der Waals surface area contributed by atoms with Crippen LogP contribution in [-0.4, -0.2) is 13.9 Å². The predicted octanol–water partition coefficient (Wildman–Crippen LogP) is 3.91. The van der Waals surface area contributed by atoms with Gasteiger partial charge in [0.2, 0.25) is 0 Å². The molecule has 0 radical (unpaired) electrons. The number of allylic oxidation sites excluding steroid dienone is 1. The summed E-state index contributed by atoms with van der Waals surface area (Å²) in [5, 5.41) is 2.53. The third-order valence-electron chi connectivity index (χ3n) is 3.98. The summed E-state index contributed by atoms with van der Waals surface area (Å²) in [6, 6.07) is 21.1. The van der Waals surface area contributed by atoms with E-state index in [9.17, 15) is 0 Å². The minimum atomic E-state index is -2.32. The largest absolute Gasteiger partial charge is 0.396 e. The Bertz CT molecular complexity index is 594. The fourth-order valence-electron chi connectivity index (χ4n) is 2.71. The highest BCUT2D eigenvalue weighted by Gasteiger charge is 2.39. The lowest BCUT2D eigenvalue weighted by molar-refractivity contribution is 0.191. The highest BCUT2D eigenvalue weighted by Crippen LogP contribution is 2.21. The molecule has 0 aliphatic heterocycles. The minimum Gasteiger partial charge on any atom is -0.396 e. The minimum absolute atomic E-state index is 0.471. The van der Waals surface area contributed by atoms with Crippen LogP contribution in [0.2, 0.25) is 6.55 Å². The van der Waals surface area contributed by atoms with Crippen molar-refractivity contribution in [3.63, 3.8) is 0 Å². The van der Waals surface area contributed by atoms with Gasteiger partial charge in [-0.25, -0.2) is 0 Å². The molecule has 2 rings (SSSR count). The first-order valence-electron chi connectivity index (χ1n) is 7.63. The summed E-state index contributed by atoms with van der Waals surface area (Å²) < 4.78 is 6.72. The van der Waals surface area contributed by atoms with E-state index in [0.29, 0.717) is 0 Å². The van der Waals surface area contributed by atoms with Crippen LogP contribution in [0.15, 0.2) is 85.5 Å². The summed E-state index contributed by atoms with van der Waals surface area (Å²) in [4.78, 5) is 0. The van der Waals surface area contributed by atoms with Crippen molar-refractivity contribution >= 4 is 18.7 Å². The smallest absolute Gasteiger partial charge is 0.254 e. The van der Waals surface area contributed by atoms with Crippen LogP contribution < -0.4 is 10.4 Å². The van der Waals surface area contributed by atoms with Crippen molar-refractivity contribution in [1.29, 1.82) is 0 Å². The Labute approximate surface area is 135 Å². The second-order valence-electron chi connectivity index (χ2n) is 5.76. The topological polar surface area (TPSA) is 9.23 Å². The molecule has 0 aliphatic carbocycles. The molecule has 0 N–H and O–H groups in total. The van der Waals surface area contributed by atoms with E-state index in [1.807, 2.05) is 31.2 Å². The Hall–Kier alpha value is -1.90. The highest BCUT2D eigenvalue weighted by molar-refractivity contribution is 6.96. The van der Waals surface area contributed by atoms with E-state index in [0.717, 1.165) is 0 Å². The van der Waals surface area contributed by atoms with Crippen LogP contribution in [0.5, 0.6) is 0 Å². The molecule has 0 saturated carbocycles. The summed E-state index contributed by atoms with van der Waals surface area (Å²) >= 11 is 0. The number of hydrogen-bond acceptors (Lipinski definition) is 1. The van der Waals surface area contributed by atoms with E-state index in [-0.39, 0.29) is 0 Å². The predicted molar refractivity (Wildman–Crippen MR) is 98.3 cm³/mol. The summed E-state index contributed by atoms with van der Waals surface area (Å²) in [6.45, 7) is 10.3. The molecule has 0 aromatic heterocycles. The number of hydrogen-bond donors (Lipinski definition) is 0. The molecule has 1 unspecified atom stereocenters. The molecule has 22 heavy (non-hydrogen) atoms. The molecule has 0 amide bonds. The van der Waals surface area contributed by atoms with Crippen molar-refractivity contribution < 1.29 is 4.43 Å². The maximum Gasteiger partial charge on any atom is 0.254 e. The van der Waals surface area contributed by atoms with Crippen LogP contribution in [0, 0.1) is 0 Å². The lowest BCUT2D eigenvalue weighted by Crippen LogP contribution is -2.61.